The number of nitrogens with one attached hydrogen (secondary N) is 2. The maximum Gasteiger partial charge on any atom is 0.270 e. The monoisotopic (exact) mass is 271 g/mol. The van der Waals surface area contributed by atoms with Crippen LogP contribution in [0, 0.1) is 11.3 Å². The van der Waals surface area contributed by atoms with Crippen LogP contribution in [0.4, 0.5) is 0 Å². The fourth-order valence-electron chi connectivity index (χ4n) is 1.43. The molecule has 104 valence electrons. The lowest BCUT2D eigenvalue weighted by molar-refractivity contribution is -0.116. The molecule has 0 unspecified atom stereocenters. The summed E-state index contributed by atoms with van der Waals surface area (Å²) in [5.74, 6) is -1.23. The molecule has 0 spiro atoms. The quantitative estimate of drug-likeness (QED) is 0.469. The van der Waals surface area contributed by atoms with Crippen LogP contribution in [-0.2, 0) is 4.79 Å². The Kier molecular flexibility index (Phi) is 6.55. The van der Waals surface area contributed by atoms with Crippen LogP contribution in [0.5, 0.6) is 0 Å². The van der Waals surface area contributed by atoms with Crippen molar-refractivity contribution in [3.05, 3.63) is 47.7 Å². The van der Waals surface area contributed by atoms with Crippen molar-refractivity contribution >= 4 is 11.8 Å². The summed E-state index contributed by atoms with van der Waals surface area (Å²) in [6, 6.07) is 10.1. The Morgan fingerprint density at radius 1 is 1.30 bits per heavy atom. The van der Waals surface area contributed by atoms with Crippen LogP contribution in [-0.4, -0.2) is 18.4 Å². The van der Waals surface area contributed by atoms with Crippen LogP contribution in [0.25, 0.3) is 0 Å². The Morgan fingerprint density at radius 2 is 2.00 bits per heavy atom. The number of rotatable bonds is 6. The van der Waals surface area contributed by atoms with Crippen LogP contribution in [0.15, 0.2) is 42.1 Å². The summed E-state index contributed by atoms with van der Waals surface area (Å²) in [5, 5.41) is 14.0. The smallest absolute Gasteiger partial charge is 0.270 e. The minimum atomic E-state index is -0.703. The first kappa shape index (κ1) is 15.4. The van der Waals surface area contributed by atoms with Gasteiger partial charge in [-0.25, -0.2) is 0 Å². The molecule has 0 bridgehead atoms. The molecule has 2 N–H and O–H groups in total. The summed E-state index contributed by atoms with van der Waals surface area (Å²) in [7, 11) is 0. The van der Waals surface area contributed by atoms with Gasteiger partial charge in [0.25, 0.3) is 11.8 Å². The van der Waals surface area contributed by atoms with Crippen molar-refractivity contribution in [1.29, 1.82) is 5.26 Å². The minimum Gasteiger partial charge on any atom is -0.390 e. The largest absolute Gasteiger partial charge is 0.390 e. The Bertz CT molecular complexity index is 530. The van der Waals surface area contributed by atoms with E-state index >= 15 is 0 Å². The highest BCUT2D eigenvalue weighted by Gasteiger charge is 2.13. The Morgan fingerprint density at radius 3 is 2.60 bits per heavy atom. The normalized spacial score (nSPS) is 10.5. The molecule has 1 aromatic rings. The second-order valence-corrected chi connectivity index (χ2v) is 4.13. The molecule has 0 aliphatic rings. The number of carbonyl (C=O) groups is 2. The SMILES string of the molecule is CCCCN/C=C(\C#N)C(=O)NC(=O)c1ccccc1. The molecule has 0 aliphatic heterocycles. The van der Waals surface area contributed by atoms with Crippen molar-refractivity contribution in [1.82, 2.24) is 10.6 Å². The lowest BCUT2D eigenvalue weighted by atomic mass is 10.2. The van der Waals surface area contributed by atoms with E-state index in [1.807, 2.05) is 6.92 Å². The summed E-state index contributed by atoms with van der Waals surface area (Å²) in [6.07, 6.45) is 3.30. The van der Waals surface area contributed by atoms with Crippen molar-refractivity contribution < 1.29 is 9.59 Å². The van der Waals surface area contributed by atoms with Crippen molar-refractivity contribution in [2.45, 2.75) is 19.8 Å². The van der Waals surface area contributed by atoms with Crippen molar-refractivity contribution in [2.75, 3.05) is 6.54 Å². The molecule has 1 aromatic carbocycles. The first-order chi connectivity index (χ1) is 9.69. The van der Waals surface area contributed by atoms with Crippen LogP contribution in [0.1, 0.15) is 30.1 Å². The molecular weight excluding hydrogens is 254 g/mol. The fourth-order valence-corrected chi connectivity index (χ4v) is 1.43. The van der Waals surface area contributed by atoms with Gasteiger partial charge in [0.05, 0.1) is 0 Å². The first-order valence-corrected chi connectivity index (χ1v) is 6.43. The zero-order valence-corrected chi connectivity index (χ0v) is 11.3. The number of hydrogen-bond acceptors (Lipinski definition) is 4. The summed E-state index contributed by atoms with van der Waals surface area (Å²) >= 11 is 0. The standard InChI is InChI=1S/C15H17N3O2/c1-2-3-9-17-11-13(10-16)15(20)18-14(19)12-7-5-4-6-8-12/h4-8,11,17H,2-3,9H2,1H3,(H,18,19,20)/b13-11+. The second-order valence-electron chi connectivity index (χ2n) is 4.13. The molecular formula is C15H17N3O2. The summed E-state index contributed by atoms with van der Waals surface area (Å²) < 4.78 is 0. The van der Waals surface area contributed by atoms with Crippen LogP contribution >= 0.6 is 0 Å². The predicted octanol–water partition coefficient (Wildman–Crippen LogP) is 1.74. The number of unbranched alkanes of at least 4 members (excludes halogenated alkanes) is 1. The average molecular weight is 271 g/mol. The molecule has 0 saturated heterocycles. The molecule has 20 heavy (non-hydrogen) atoms. The summed E-state index contributed by atoms with van der Waals surface area (Å²) in [4.78, 5) is 23.5. The van der Waals surface area contributed by atoms with Gasteiger partial charge < -0.3 is 5.32 Å². The third-order valence-corrected chi connectivity index (χ3v) is 2.55. The molecule has 0 fully saturated rings. The van der Waals surface area contributed by atoms with E-state index in [2.05, 4.69) is 10.6 Å². The third-order valence-electron chi connectivity index (χ3n) is 2.55. The maximum absolute atomic E-state index is 11.8. The lowest BCUT2D eigenvalue weighted by Gasteiger charge is -2.04. The van der Waals surface area contributed by atoms with Crippen molar-refractivity contribution in [3.8, 4) is 6.07 Å². The number of hydrogen-bond donors (Lipinski definition) is 2. The highest BCUT2D eigenvalue weighted by Crippen LogP contribution is 1.99. The van der Waals surface area contributed by atoms with Gasteiger partial charge in [0.15, 0.2) is 0 Å². The van der Waals surface area contributed by atoms with Gasteiger partial charge in [-0.3, -0.25) is 14.9 Å². The molecule has 0 atom stereocenters. The molecule has 0 heterocycles. The van der Waals surface area contributed by atoms with E-state index in [1.165, 1.54) is 6.20 Å². The lowest BCUT2D eigenvalue weighted by Crippen LogP contribution is -2.32. The van der Waals surface area contributed by atoms with Gasteiger partial charge in [0.1, 0.15) is 11.6 Å². The molecule has 0 saturated carbocycles. The predicted molar refractivity (Wildman–Crippen MR) is 75.5 cm³/mol. The third kappa shape index (κ3) is 4.94. The van der Waals surface area contributed by atoms with Crippen LogP contribution in [0.2, 0.25) is 0 Å². The van der Waals surface area contributed by atoms with Gasteiger partial charge in [-0.2, -0.15) is 5.26 Å². The number of nitrogens with zero attached hydrogens (tertiary/aromatic N) is 1. The number of imide groups is 1. The highest BCUT2D eigenvalue weighted by atomic mass is 16.2. The summed E-state index contributed by atoms with van der Waals surface area (Å²) in [6.45, 7) is 2.73. The van der Waals surface area contributed by atoms with E-state index in [9.17, 15) is 9.59 Å². The number of benzene rings is 1. The van der Waals surface area contributed by atoms with Gasteiger partial charge in [0.2, 0.25) is 0 Å². The number of carbonyl (C=O) groups excluding carboxylic acids is 2. The molecule has 2 amide bonds. The van der Waals surface area contributed by atoms with E-state index in [0.717, 1.165) is 12.8 Å². The average Bonchev–Trinajstić information content (AvgIpc) is 2.48. The number of amides is 2. The van der Waals surface area contributed by atoms with Gasteiger partial charge in [-0.1, -0.05) is 31.5 Å². The fraction of sp³-hybridized carbons (Fsp3) is 0.267. The maximum atomic E-state index is 11.8. The topological polar surface area (TPSA) is 82.0 Å². The van der Waals surface area contributed by atoms with Crippen molar-refractivity contribution in [2.24, 2.45) is 0 Å². The summed E-state index contributed by atoms with van der Waals surface area (Å²) in [5.41, 5.74) is 0.252. The Hall–Kier alpha value is -2.61. The minimum absolute atomic E-state index is 0.120. The van der Waals surface area contributed by atoms with E-state index in [-0.39, 0.29) is 5.57 Å². The molecule has 1 rings (SSSR count). The molecule has 5 nitrogen and oxygen atoms in total. The van der Waals surface area contributed by atoms with Gasteiger partial charge >= 0.3 is 0 Å². The second kappa shape index (κ2) is 8.48. The zero-order valence-electron chi connectivity index (χ0n) is 11.3. The highest BCUT2D eigenvalue weighted by molar-refractivity contribution is 6.11. The Balaban J connectivity index is 2.60. The molecule has 0 aromatic heterocycles. The van der Waals surface area contributed by atoms with Gasteiger partial charge in [-0.15, -0.1) is 0 Å². The zero-order chi connectivity index (χ0) is 14.8. The Labute approximate surface area is 118 Å². The van der Waals surface area contributed by atoms with E-state index in [0.29, 0.717) is 12.1 Å². The number of nitriles is 1. The molecule has 5 heteroatoms. The van der Waals surface area contributed by atoms with Crippen LogP contribution < -0.4 is 10.6 Å². The van der Waals surface area contributed by atoms with E-state index in [4.69, 9.17) is 5.26 Å². The molecule has 0 aliphatic carbocycles. The van der Waals surface area contributed by atoms with Gasteiger partial charge in [-0.05, 0) is 18.6 Å². The van der Waals surface area contributed by atoms with Crippen molar-refractivity contribution in [3.63, 3.8) is 0 Å². The first-order valence-electron chi connectivity index (χ1n) is 6.43. The molecule has 0 radical (unpaired) electrons. The van der Waals surface area contributed by atoms with Crippen LogP contribution in [0.3, 0.4) is 0 Å². The van der Waals surface area contributed by atoms with E-state index in [1.54, 1.807) is 36.4 Å². The van der Waals surface area contributed by atoms with Gasteiger partial charge in [0, 0.05) is 18.3 Å². The van der Waals surface area contributed by atoms with E-state index < -0.39 is 11.8 Å².